The van der Waals surface area contributed by atoms with Gasteiger partial charge in [-0.15, -0.1) is 0 Å². The second-order valence-corrected chi connectivity index (χ2v) is 5.67. The van der Waals surface area contributed by atoms with Crippen molar-refractivity contribution in [3.63, 3.8) is 0 Å². The van der Waals surface area contributed by atoms with E-state index in [1.807, 2.05) is 30.3 Å². The molecule has 2 N–H and O–H groups in total. The number of nitrogen functional groups attached to an aromatic ring is 1. The molecule has 3 aromatic rings. The van der Waals surface area contributed by atoms with Gasteiger partial charge in [0.05, 0.1) is 9.26 Å². The summed E-state index contributed by atoms with van der Waals surface area (Å²) < 4.78 is 6.73. The van der Waals surface area contributed by atoms with Crippen LogP contribution >= 0.6 is 22.6 Å². The van der Waals surface area contributed by atoms with Crippen molar-refractivity contribution in [1.82, 2.24) is 9.97 Å². The number of halogens is 1. The van der Waals surface area contributed by atoms with Gasteiger partial charge in [0.2, 0.25) is 0 Å². The molecular weight excluding hydrogens is 365 g/mol. The first-order valence-corrected chi connectivity index (χ1v) is 7.57. The molecule has 0 aliphatic carbocycles. The number of rotatable bonds is 3. The van der Waals surface area contributed by atoms with E-state index in [0.29, 0.717) is 17.4 Å². The summed E-state index contributed by atoms with van der Waals surface area (Å²) in [5.41, 5.74) is 7.80. The van der Waals surface area contributed by atoms with Gasteiger partial charge in [-0.05, 0) is 41.1 Å². The van der Waals surface area contributed by atoms with Crippen LogP contribution in [0.4, 0.5) is 5.82 Å². The normalized spacial score (nSPS) is 11.1. The number of benzene rings is 1. The predicted octanol–water partition coefficient (Wildman–Crippen LogP) is 4.03. The number of fused-ring (bicyclic) bond motifs is 1. The minimum atomic E-state index is 0.513. The van der Waals surface area contributed by atoms with E-state index in [0.717, 1.165) is 33.1 Å². The van der Waals surface area contributed by atoms with Crippen LogP contribution in [0, 0.1) is 3.57 Å². The molecule has 0 fully saturated rings. The summed E-state index contributed by atoms with van der Waals surface area (Å²) >= 11 is 2.20. The number of nitrogens with zero attached hydrogens (tertiary/aromatic N) is 2. The van der Waals surface area contributed by atoms with Gasteiger partial charge < -0.3 is 10.2 Å². The number of aromatic nitrogens is 2. The van der Waals surface area contributed by atoms with E-state index in [-0.39, 0.29) is 0 Å². The van der Waals surface area contributed by atoms with Crippen molar-refractivity contribution in [2.24, 2.45) is 0 Å². The lowest BCUT2D eigenvalue weighted by atomic mass is 10.2. The maximum absolute atomic E-state index is 5.98. The van der Waals surface area contributed by atoms with Crippen LogP contribution in [0.5, 0.6) is 0 Å². The molecule has 3 rings (SSSR count). The molecule has 20 heavy (non-hydrogen) atoms. The summed E-state index contributed by atoms with van der Waals surface area (Å²) in [4.78, 5) is 8.94. The minimum absolute atomic E-state index is 0.513. The van der Waals surface area contributed by atoms with Crippen molar-refractivity contribution >= 4 is 39.4 Å². The Hall–Kier alpha value is -1.63. The van der Waals surface area contributed by atoms with E-state index >= 15 is 0 Å². The zero-order valence-corrected chi connectivity index (χ0v) is 13.2. The SMILES string of the molecule is CCCc1nc(-c2cc3ccccc3o2)nc(N)c1I. The second kappa shape index (κ2) is 5.40. The maximum atomic E-state index is 5.98. The smallest absolute Gasteiger partial charge is 0.197 e. The van der Waals surface area contributed by atoms with Crippen molar-refractivity contribution in [3.05, 3.63) is 39.6 Å². The number of hydrogen-bond acceptors (Lipinski definition) is 4. The Bertz CT molecular complexity index is 734. The van der Waals surface area contributed by atoms with Gasteiger partial charge in [0.1, 0.15) is 11.4 Å². The zero-order valence-electron chi connectivity index (χ0n) is 11.1. The number of para-hydroxylation sites is 1. The molecule has 2 heterocycles. The fraction of sp³-hybridized carbons (Fsp3) is 0.200. The van der Waals surface area contributed by atoms with E-state index in [2.05, 4.69) is 39.5 Å². The Kier molecular flexibility index (Phi) is 3.60. The summed E-state index contributed by atoms with van der Waals surface area (Å²) in [6.07, 6.45) is 1.91. The van der Waals surface area contributed by atoms with Crippen LogP contribution in [-0.2, 0) is 6.42 Å². The van der Waals surface area contributed by atoms with Gasteiger partial charge >= 0.3 is 0 Å². The highest BCUT2D eigenvalue weighted by Gasteiger charge is 2.14. The number of aryl methyl sites for hydroxylation is 1. The highest BCUT2D eigenvalue weighted by Crippen LogP contribution is 2.28. The molecule has 4 nitrogen and oxygen atoms in total. The van der Waals surface area contributed by atoms with Crippen LogP contribution in [-0.4, -0.2) is 9.97 Å². The maximum Gasteiger partial charge on any atom is 0.197 e. The molecule has 0 unspecified atom stereocenters. The summed E-state index contributed by atoms with van der Waals surface area (Å²) in [6.45, 7) is 2.12. The van der Waals surface area contributed by atoms with E-state index in [1.165, 1.54) is 0 Å². The third-order valence-corrected chi connectivity index (χ3v) is 4.25. The molecular formula is C15H14IN3O. The number of furan rings is 1. The summed E-state index contributed by atoms with van der Waals surface area (Å²) in [5, 5.41) is 1.04. The van der Waals surface area contributed by atoms with Crippen LogP contribution in [0.2, 0.25) is 0 Å². The van der Waals surface area contributed by atoms with Gasteiger partial charge in [0, 0.05) is 5.39 Å². The van der Waals surface area contributed by atoms with Crippen LogP contribution < -0.4 is 5.73 Å². The van der Waals surface area contributed by atoms with Crippen LogP contribution in [0.15, 0.2) is 34.7 Å². The average molecular weight is 379 g/mol. The van der Waals surface area contributed by atoms with Gasteiger partial charge in [0.25, 0.3) is 0 Å². The molecule has 102 valence electrons. The third kappa shape index (κ3) is 2.37. The van der Waals surface area contributed by atoms with Gasteiger partial charge in [-0.1, -0.05) is 31.5 Å². The van der Waals surface area contributed by atoms with Crippen molar-refractivity contribution in [2.75, 3.05) is 5.73 Å². The van der Waals surface area contributed by atoms with Gasteiger partial charge in [-0.2, -0.15) is 0 Å². The Morgan fingerprint density at radius 3 is 2.80 bits per heavy atom. The first-order valence-electron chi connectivity index (χ1n) is 6.50. The first-order chi connectivity index (χ1) is 9.69. The van der Waals surface area contributed by atoms with Crippen LogP contribution in [0.3, 0.4) is 0 Å². The summed E-state index contributed by atoms with van der Waals surface area (Å²) in [5.74, 6) is 1.73. The van der Waals surface area contributed by atoms with Gasteiger partial charge in [-0.3, -0.25) is 0 Å². The molecule has 0 saturated heterocycles. The molecule has 0 spiro atoms. The van der Waals surface area contributed by atoms with Gasteiger partial charge in [-0.25, -0.2) is 9.97 Å². The third-order valence-electron chi connectivity index (χ3n) is 3.08. The topological polar surface area (TPSA) is 64.9 Å². The zero-order chi connectivity index (χ0) is 14.1. The lowest BCUT2D eigenvalue weighted by Crippen LogP contribution is -2.04. The molecule has 0 bridgehead atoms. The van der Waals surface area contributed by atoms with Crippen LogP contribution in [0.25, 0.3) is 22.6 Å². The van der Waals surface area contributed by atoms with E-state index in [9.17, 15) is 0 Å². The molecule has 0 atom stereocenters. The lowest BCUT2D eigenvalue weighted by Gasteiger charge is -2.06. The molecule has 5 heteroatoms. The molecule has 2 aromatic heterocycles. The van der Waals surface area contributed by atoms with Crippen molar-refractivity contribution < 1.29 is 4.42 Å². The number of anilines is 1. The predicted molar refractivity (Wildman–Crippen MR) is 88.4 cm³/mol. The molecule has 0 aliphatic heterocycles. The van der Waals surface area contributed by atoms with Crippen molar-refractivity contribution in [1.29, 1.82) is 0 Å². The quantitative estimate of drug-likeness (QED) is 0.698. The monoisotopic (exact) mass is 379 g/mol. The Morgan fingerprint density at radius 2 is 2.05 bits per heavy atom. The summed E-state index contributed by atoms with van der Waals surface area (Å²) in [7, 11) is 0. The van der Waals surface area contributed by atoms with E-state index in [1.54, 1.807) is 0 Å². The minimum Gasteiger partial charge on any atom is -0.453 e. The van der Waals surface area contributed by atoms with Gasteiger partial charge in [0.15, 0.2) is 11.6 Å². The first kappa shape index (κ1) is 13.4. The Balaban J connectivity index is 2.13. The van der Waals surface area contributed by atoms with Crippen molar-refractivity contribution in [3.8, 4) is 11.6 Å². The molecule has 0 aliphatic rings. The number of nitrogens with two attached hydrogens (primary N) is 1. The molecule has 1 aromatic carbocycles. The Labute approximate surface area is 130 Å². The van der Waals surface area contributed by atoms with E-state index in [4.69, 9.17) is 10.2 Å². The lowest BCUT2D eigenvalue weighted by molar-refractivity contribution is 0.624. The number of hydrogen-bond donors (Lipinski definition) is 1. The fourth-order valence-corrected chi connectivity index (χ4v) is 2.63. The molecule has 0 radical (unpaired) electrons. The standard InChI is InChI=1S/C15H14IN3O/c1-2-5-10-13(16)14(17)19-15(18-10)12-8-9-6-3-4-7-11(9)20-12/h3-4,6-8H,2,5H2,1H3,(H2,17,18,19). The molecule has 0 saturated carbocycles. The fourth-order valence-electron chi connectivity index (χ4n) is 2.12. The highest BCUT2D eigenvalue weighted by atomic mass is 127. The highest BCUT2D eigenvalue weighted by molar-refractivity contribution is 14.1. The Morgan fingerprint density at radius 1 is 1.25 bits per heavy atom. The van der Waals surface area contributed by atoms with Crippen molar-refractivity contribution in [2.45, 2.75) is 19.8 Å². The molecule has 0 amide bonds. The van der Waals surface area contributed by atoms with Crippen LogP contribution in [0.1, 0.15) is 19.0 Å². The summed E-state index contributed by atoms with van der Waals surface area (Å²) in [6, 6.07) is 9.81. The van der Waals surface area contributed by atoms with E-state index < -0.39 is 0 Å². The second-order valence-electron chi connectivity index (χ2n) is 4.59. The largest absolute Gasteiger partial charge is 0.453 e. The average Bonchev–Trinajstić information content (AvgIpc) is 2.87.